The molecule has 0 radical (unpaired) electrons. The van der Waals surface area contributed by atoms with Crippen molar-refractivity contribution in [3.63, 3.8) is 0 Å². The second kappa shape index (κ2) is 13.1. The predicted molar refractivity (Wildman–Crippen MR) is 94.4 cm³/mol. The highest BCUT2D eigenvalue weighted by atomic mass is 127. The van der Waals surface area contributed by atoms with E-state index in [1.165, 1.54) is 0 Å². The molecule has 1 fully saturated rings. The number of alkyl halides is 3. The van der Waals surface area contributed by atoms with Crippen molar-refractivity contribution in [3.8, 4) is 0 Å². The Bertz CT molecular complexity index is 325. The summed E-state index contributed by atoms with van der Waals surface area (Å²) in [7, 11) is 0. The summed E-state index contributed by atoms with van der Waals surface area (Å²) in [6, 6.07) is 0. The summed E-state index contributed by atoms with van der Waals surface area (Å²) >= 11 is 0. The molecule has 1 heterocycles. The molecule has 0 bridgehead atoms. The van der Waals surface area contributed by atoms with Crippen LogP contribution in [0.4, 0.5) is 13.2 Å². The van der Waals surface area contributed by atoms with Crippen LogP contribution in [0.2, 0.25) is 0 Å². The Morgan fingerprint density at radius 2 is 2.13 bits per heavy atom. The van der Waals surface area contributed by atoms with Crippen LogP contribution < -0.4 is 10.6 Å². The quantitative estimate of drug-likeness (QED) is 0.244. The number of nitrogens with one attached hydrogen (secondary N) is 2. The van der Waals surface area contributed by atoms with Gasteiger partial charge >= 0.3 is 6.18 Å². The standard InChI is InChI=1S/C14H26F3N3O2.HI/c1-2-18-13(20-7-5-14(15,16)17)19-6-3-8-21-10-12-4-9-22-11-12;/h12H,2-11H2,1H3,(H2,18,19,20);1H. The third kappa shape index (κ3) is 12.8. The van der Waals surface area contributed by atoms with Gasteiger partial charge in [-0.05, 0) is 19.8 Å². The van der Waals surface area contributed by atoms with Crippen LogP contribution in [-0.4, -0.2) is 58.2 Å². The lowest BCUT2D eigenvalue weighted by molar-refractivity contribution is -0.132. The van der Waals surface area contributed by atoms with E-state index in [0.29, 0.717) is 38.2 Å². The number of hydrogen-bond donors (Lipinski definition) is 2. The zero-order chi connectivity index (χ0) is 16.3. The van der Waals surface area contributed by atoms with E-state index in [2.05, 4.69) is 15.6 Å². The molecule has 0 aromatic rings. The summed E-state index contributed by atoms with van der Waals surface area (Å²) in [5.41, 5.74) is 0. The van der Waals surface area contributed by atoms with Gasteiger partial charge in [-0.25, -0.2) is 0 Å². The Kier molecular flexibility index (Phi) is 12.9. The number of nitrogens with zero attached hydrogens (tertiary/aromatic N) is 1. The fraction of sp³-hybridized carbons (Fsp3) is 0.929. The van der Waals surface area contributed by atoms with Crippen molar-refractivity contribution in [3.05, 3.63) is 0 Å². The molecule has 9 heteroatoms. The molecule has 138 valence electrons. The van der Waals surface area contributed by atoms with E-state index >= 15 is 0 Å². The van der Waals surface area contributed by atoms with Gasteiger partial charge in [-0.3, -0.25) is 4.99 Å². The SMILES string of the molecule is CCNC(=NCCCOCC1CCOC1)NCCC(F)(F)F.I. The molecule has 0 saturated carbocycles. The van der Waals surface area contributed by atoms with Gasteiger partial charge in [0.05, 0.1) is 19.6 Å². The minimum absolute atomic E-state index is 0. The normalized spacial score (nSPS) is 18.6. The van der Waals surface area contributed by atoms with Gasteiger partial charge in [-0.15, -0.1) is 24.0 Å². The fourth-order valence-corrected chi connectivity index (χ4v) is 1.99. The van der Waals surface area contributed by atoms with E-state index in [4.69, 9.17) is 9.47 Å². The zero-order valence-electron chi connectivity index (χ0n) is 13.5. The number of ether oxygens (including phenoxy) is 2. The van der Waals surface area contributed by atoms with E-state index in [1.54, 1.807) is 0 Å². The summed E-state index contributed by atoms with van der Waals surface area (Å²) in [4.78, 5) is 4.22. The molecule has 0 aromatic carbocycles. The van der Waals surface area contributed by atoms with Crippen molar-refractivity contribution in [2.75, 3.05) is 46.1 Å². The van der Waals surface area contributed by atoms with Gasteiger partial charge in [-0.1, -0.05) is 0 Å². The molecule has 1 aliphatic heterocycles. The third-order valence-electron chi connectivity index (χ3n) is 3.14. The minimum atomic E-state index is -4.15. The van der Waals surface area contributed by atoms with Gasteiger partial charge in [0.15, 0.2) is 5.96 Å². The first-order valence-corrected chi connectivity index (χ1v) is 7.75. The maximum atomic E-state index is 12.1. The Hall–Kier alpha value is -0.290. The van der Waals surface area contributed by atoms with Crippen LogP contribution in [0, 0.1) is 5.92 Å². The number of halogens is 4. The maximum Gasteiger partial charge on any atom is 0.390 e. The second-order valence-corrected chi connectivity index (χ2v) is 5.21. The molecule has 1 unspecified atom stereocenters. The summed E-state index contributed by atoms with van der Waals surface area (Å²) < 4.78 is 47.1. The summed E-state index contributed by atoms with van der Waals surface area (Å²) in [5.74, 6) is 0.904. The first-order chi connectivity index (χ1) is 10.5. The fourth-order valence-electron chi connectivity index (χ4n) is 1.99. The molecular formula is C14H27F3IN3O2. The topological polar surface area (TPSA) is 54.9 Å². The van der Waals surface area contributed by atoms with Crippen molar-refractivity contribution in [1.82, 2.24) is 10.6 Å². The average Bonchev–Trinajstić information content (AvgIpc) is 2.94. The second-order valence-electron chi connectivity index (χ2n) is 5.21. The smallest absolute Gasteiger partial charge is 0.381 e. The predicted octanol–water partition coefficient (Wildman–Crippen LogP) is 2.56. The average molecular weight is 453 g/mol. The minimum Gasteiger partial charge on any atom is -0.381 e. The van der Waals surface area contributed by atoms with Crippen molar-refractivity contribution < 1.29 is 22.6 Å². The molecule has 1 atom stereocenters. The molecule has 0 aromatic heterocycles. The Morgan fingerprint density at radius 3 is 2.74 bits per heavy atom. The summed E-state index contributed by atoms with van der Waals surface area (Å²) in [6.45, 7) is 5.70. The number of hydrogen-bond acceptors (Lipinski definition) is 3. The van der Waals surface area contributed by atoms with Gasteiger partial charge in [0.2, 0.25) is 0 Å². The number of rotatable bonds is 9. The van der Waals surface area contributed by atoms with E-state index < -0.39 is 12.6 Å². The van der Waals surface area contributed by atoms with E-state index in [1.807, 2.05) is 6.92 Å². The molecule has 1 saturated heterocycles. The maximum absolute atomic E-state index is 12.1. The number of aliphatic imine (C=N–C) groups is 1. The Labute approximate surface area is 152 Å². The highest BCUT2D eigenvalue weighted by Crippen LogP contribution is 2.18. The Morgan fingerprint density at radius 1 is 1.35 bits per heavy atom. The van der Waals surface area contributed by atoms with Crippen LogP contribution in [-0.2, 0) is 9.47 Å². The highest BCUT2D eigenvalue weighted by Gasteiger charge is 2.26. The van der Waals surface area contributed by atoms with Crippen LogP contribution in [0.3, 0.4) is 0 Å². The van der Waals surface area contributed by atoms with E-state index in [9.17, 15) is 13.2 Å². The van der Waals surface area contributed by atoms with E-state index in [-0.39, 0.29) is 30.5 Å². The molecular weight excluding hydrogens is 426 g/mol. The zero-order valence-corrected chi connectivity index (χ0v) is 15.8. The Balaban J connectivity index is 0.00000484. The molecule has 0 aliphatic carbocycles. The summed E-state index contributed by atoms with van der Waals surface area (Å²) in [6.07, 6.45) is -3.23. The van der Waals surface area contributed by atoms with Gasteiger partial charge in [0.1, 0.15) is 0 Å². The molecule has 1 aliphatic rings. The summed E-state index contributed by atoms with van der Waals surface area (Å²) in [5, 5.41) is 5.59. The lowest BCUT2D eigenvalue weighted by Gasteiger charge is -2.12. The molecule has 1 rings (SSSR count). The largest absolute Gasteiger partial charge is 0.390 e. The van der Waals surface area contributed by atoms with Gasteiger partial charge in [0, 0.05) is 38.8 Å². The van der Waals surface area contributed by atoms with Gasteiger partial charge in [0.25, 0.3) is 0 Å². The highest BCUT2D eigenvalue weighted by molar-refractivity contribution is 14.0. The van der Waals surface area contributed by atoms with E-state index in [0.717, 1.165) is 26.1 Å². The molecule has 23 heavy (non-hydrogen) atoms. The number of guanidine groups is 1. The van der Waals surface area contributed by atoms with Crippen molar-refractivity contribution in [2.45, 2.75) is 32.4 Å². The van der Waals surface area contributed by atoms with Crippen LogP contribution >= 0.6 is 24.0 Å². The van der Waals surface area contributed by atoms with Crippen molar-refractivity contribution in [1.29, 1.82) is 0 Å². The van der Waals surface area contributed by atoms with Crippen LogP contribution in [0.1, 0.15) is 26.2 Å². The third-order valence-corrected chi connectivity index (χ3v) is 3.14. The lowest BCUT2D eigenvalue weighted by atomic mass is 10.1. The molecule has 0 amide bonds. The van der Waals surface area contributed by atoms with Gasteiger partial charge < -0.3 is 20.1 Å². The first-order valence-electron chi connectivity index (χ1n) is 7.75. The van der Waals surface area contributed by atoms with Crippen molar-refractivity contribution in [2.24, 2.45) is 10.9 Å². The first kappa shape index (κ1) is 22.7. The van der Waals surface area contributed by atoms with Crippen LogP contribution in [0.5, 0.6) is 0 Å². The van der Waals surface area contributed by atoms with Crippen LogP contribution in [0.25, 0.3) is 0 Å². The van der Waals surface area contributed by atoms with Gasteiger partial charge in [-0.2, -0.15) is 13.2 Å². The van der Waals surface area contributed by atoms with Crippen molar-refractivity contribution >= 4 is 29.9 Å². The lowest BCUT2D eigenvalue weighted by Crippen LogP contribution is -2.39. The van der Waals surface area contributed by atoms with Crippen LogP contribution in [0.15, 0.2) is 4.99 Å². The molecule has 2 N–H and O–H groups in total. The molecule has 0 spiro atoms. The molecule has 5 nitrogen and oxygen atoms in total. The monoisotopic (exact) mass is 453 g/mol.